The molecule has 1 unspecified atom stereocenters. The Morgan fingerprint density at radius 2 is 1.95 bits per heavy atom. The van der Waals surface area contributed by atoms with Gasteiger partial charge in [-0.05, 0) is 43.7 Å². The number of rotatable bonds is 7. The molecule has 0 bridgehead atoms. The van der Waals surface area contributed by atoms with Gasteiger partial charge in [0.05, 0.1) is 12.8 Å². The van der Waals surface area contributed by atoms with Crippen molar-refractivity contribution in [2.24, 2.45) is 7.05 Å². The molecule has 2 rings (SSSR count). The van der Waals surface area contributed by atoms with Gasteiger partial charge in [0.25, 0.3) is 0 Å². The SMILES string of the molecule is CCNC(Cc1ccc(OC)cc1)Cc1cc(C)nn1C. The van der Waals surface area contributed by atoms with Crippen LogP contribution in [-0.2, 0) is 19.9 Å². The minimum absolute atomic E-state index is 0.415. The molecule has 2 aromatic rings. The van der Waals surface area contributed by atoms with Crippen molar-refractivity contribution in [2.75, 3.05) is 13.7 Å². The highest BCUT2D eigenvalue weighted by Gasteiger charge is 2.12. The standard InChI is InChI=1S/C17H25N3O/c1-5-18-15(12-16-10-13(2)19-20(16)3)11-14-6-8-17(21-4)9-7-14/h6-10,15,18H,5,11-12H2,1-4H3. The maximum absolute atomic E-state index is 5.21. The number of nitrogens with zero attached hydrogens (tertiary/aromatic N) is 2. The summed E-state index contributed by atoms with van der Waals surface area (Å²) in [5.41, 5.74) is 3.67. The van der Waals surface area contributed by atoms with Crippen molar-refractivity contribution in [3.63, 3.8) is 0 Å². The van der Waals surface area contributed by atoms with Crippen LogP contribution in [0.3, 0.4) is 0 Å². The first kappa shape index (κ1) is 15.6. The summed E-state index contributed by atoms with van der Waals surface area (Å²) in [4.78, 5) is 0. The molecule has 21 heavy (non-hydrogen) atoms. The Balaban J connectivity index is 2.05. The lowest BCUT2D eigenvalue weighted by atomic mass is 10.0. The first-order valence-corrected chi connectivity index (χ1v) is 7.48. The van der Waals surface area contributed by atoms with Crippen LogP contribution < -0.4 is 10.1 Å². The minimum Gasteiger partial charge on any atom is -0.497 e. The Morgan fingerprint density at radius 3 is 2.48 bits per heavy atom. The predicted octanol–water partition coefficient (Wildman–Crippen LogP) is 2.50. The molecule has 1 N–H and O–H groups in total. The number of aromatic nitrogens is 2. The number of likely N-dealkylation sites (N-methyl/N-ethyl adjacent to an activating group) is 1. The maximum atomic E-state index is 5.21. The van der Waals surface area contributed by atoms with Gasteiger partial charge in [-0.2, -0.15) is 5.10 Å². The van der Waals surface area contributed by atoms with E-state index in [-0.39, 0.29) is 0 Å². The van der Waals surface area contributed by atoms with Gasteiger partial charge >= 0.3 is 0 Å². The third-order valence-corrected chi connectivity index (χ3v) is 3.69. The summed E-state index contributed by atoms with van der Waals surface area (Å²) in [7, 11) is 3.71. The zero-order chi connectivity index (χ0) is 15.2. The highest BCUT2D eigenvalue weighted by Crippen LogP contribution is 2.14. The molecule has 0 saturated heterocycles. The van der Waals surface area contributed by atoms with Crippen molar-refractivity contribution in [3.8, 4) is 5.75 Å². The molecule has 1 aromatic carbocycles. The van der Waals surface area contributed by atoms with Crippen LogP contribution >= 0.6 is 0 Å². The first-order valence-electron chi connectivity index (χ1n) is 7.48. The summed E-state index contributed by atoms with van der Waals surface area (Å²) in [5, 5.41) is 8.00. The van der Waals surface area contributed by atoms with E-state index >= 15 is 0 Å². The van der Waals surface area contributed by atoms with Crippen LogP contribution in [0.25, 0.3) is 0 Å². The largest absolute Gasteiger partial charge is 0.497 e. The van der Waals surface area contributed by atoms with Crippen LogP contribution in [0.2, 0.25) is 0 Å². The van der Waals surface area contributed by atoms with Crippen LogP contribution in [0, 0.1) is 6.92 Å². The normalized spacial score (nSPS) is 12.4. The second-order valence-corrected chi connectivity index (χ2v) is 5.41. The molecule has 4 nitrogen and oxygen atoms in total. The van der Waals surface area contributed by atoms with Gasteiger partial charge in [-0.3, -0.25) is 4.68 Å². The molecule has 0 fully saturated rings. The molecule has 0 radical (unpaired) electrons. The third-order valence-electron chi connectivity index (χ3n) is 3.69. The van der Waals surface area contributed by atoms with Gasteiger partial charge < -0.3 is 10.1 Å². The fourth-order valence-electron chi connectivity index (χ4n) is 2.66. The van der Waals surface area contributed by atoms with E-state index < -0.39 is 0 Å². The summed E-state index contributed by atoms with van der Waals surface area (Å²) in [6.07, 6.45) is 1.99. The van der Waals surface area contributed by atoms with Crippen molar-refractivity contribution >= 4 is 0 Å². The molecular formula is C17H25N3O. The quantitative estimate of drug-likeness (QED) is 0.850. The number of aryl methyl sites for hydroxylation is 2. The predicted molar refractivity (Wildman–Crippen MR) is 85.8 cm³/mol. The van der Waals surface area contributed by atoms with Crippen molar-refractivity contribution < 1.29 is 4.74 Å². The first-order chi connectivity index (χ1) is 10.1. The highest BCUT2D eigenvalue weighted by molar-refractivity contribution is 5.28. The van der Waals surface area contributed by atoms with Gasteiger partial charge in [0.2, 0.25) is 0 Å². The molecular weight excluding hydrogens is 262 g/mol. The smallest absolute Gasteiger partial charge is 0.118 e. The fraction of sp³-hybridized carbons (Fsp3) is 0.471. The zero-order valence-electron chi connectivity index (χ0n) is 13.4. The maximum Gasteiger partial charge on any atom is 0.118 e. The summed E-state index contributed by atoms with van der Waals surface area (Å²) in [6.45, 7) is 5.16. The Morgan fingerprint density at radius 1 is 1.24 bits per heavy atom. The van der Waals surface area contributed by atoms with Crippen LogP contribution in [0.1, 0.15) is 23.9 Å². The van der Waals surface area contributed by atoms with Crippen LogP contribution in [0.5, 0.6) is 5.75 Å². The lowest BCUT2D eigenvalue weighted by Gasteiger charge is -2.18. The van der Waals surface area contributed by atoms with Crippen molar-refractivity contribution in [1.82, 2.24) is 15.1 Å². The molecule has 114 valence electrons. The van der Waals surface area contributed by atoms with Gasteiger partial charge in [-0.15, -0.1) is 0 Å². The van der Waals surface area contributed by atoms with Crippen molar-refractivity contribution in [2.45, 2.75) is 32.7 Å². The van der Waals surface area contributed by atoms with Gasteiger partial charge in [0.15, 0.2) is 0 Å². The number of methoxy groups -OCH3 is 1. The van der Waals surface area contributed by atoms with E-state index in [1.807, 2.05) is 30.8 Å². The lowest BCUT2D eigenvalue weighted by molar-refractivity contribution is 0.414. The number of nitrogens with one attached hydrogen (secondary N) is 1. The van der Waals surface area contributed by atoms with E-state index in [9.17, 15) is 0 Å². The minimum atomic E-state index is 0.415. The molecule has 0 spiro atoms. The number of hydrogen-bond acceptors (Lipinski definition) is 3. The second kappa shape index (κ2) is 7.27. The summed E-state index contributed by atoms with van der Waals surface area (Å²) < 4.78 is 7.19. The molecule has 1 atom stereocenters. The van der Waals surface area contributed by atoms with E-state index in [1.54, 1.807) is 7.11 Å². The van der Waals surface area contributed by atoms with Gasteiger partial charge in [-0.25, -0.2) is 0 Å². The van der Waals surface area contributed by atoms with E-state index in [1.165, 1.54) is 11.3 Å². The van der Waals surface area contributed by atoms with Crippen molar-refractivity contribution in [1.29, 1.82) is 0 Å². The highest BCUT2D eigenvalue weighted by atomic mass is 16.5. The summed E-state index contributed by atoms with van der Waals surface area (Å²) >= 11 is 0. The summed E-state index contributed by atoms with van der Waals surface area (Å²) in [6, 6.07) is 10.9. The Hall–Kier alpha value is -1.81. The van der Waals surface area contributed by atoms with E-state index in [0.717, 1.165) is 30.8 Å². The molecule has 0 amide bonds. The van der Waals surface area contributed by atoms with Gasteiger partial charge in [0, 0.05) is 25.2 Å². The van der Waals surface area contributed by atoms with Gasteiger partial charge in [-0.1, -0.05) is 19.1 Å². The molecule has 0 aliphatic rings. The van der Waals surface area contributed by atoms with Gasteiger partial charge in [0.1, 0.15) is 5.75 Å². The molecule has 0 aliphatic carbocycles. The third kappa shape index (κ3) is 4.33. The number of benzene rings is 1. The summed E-state index contributed by atoms with van der Waals surface area (Å²) in [5.74, 6) is 0.904. The van der Waals surface area contributed by atoms with Crippen LogP contribution in [0.4, 0.5) is 0 Å². The average Bonchev–Trinajstić information content (AvgIpc) is 2.78. The average molecular weight is 287 g/mol. The zero-order valence-corrected chi connectivity index (χ0v) is 13.4. The van der Waals surface area contributed by atoms with E-state index in [0.29, 0.717) is 6.04 Å². The van der Waals surface area contributed by atoms with Crippen LogP contribution in [-0.4, -0.2) is 29.5 Å². The number of ether oxygens (including phenoxy) is 1. The lowest BCUT2D eigenvalue weighted by Crippen LogP contribution is -2.33. The Kier molecular flexibility index (Phi) is 5.39. The number of hydrogen-bond donors (Lipinski definition) is 1. The second-order valence-electron chi connectivity index (χ2n) is 5.41. The van der Waals surface area contributed by atoms with Crippen molar-refractivity contribution in [3.05, 3.63) is 47.3 Å². The molecule has 0 aliphatic heterocycles. The molecule has 0 saturated carbocycles. The van der Waals surface area contributed by atoms with Crippen LogP contribution in [0.15, 0.2) is 30.3 Å². The monoisotopic (exact) mass is 287 g/mol. The Labute approximate surface area is 127 Å². The Bertz CT molecular complexity index is 560. The molecule has 1 aromatic heterocycles. The van der Waals surface area contributed by atoms with E-state index in [2.05, 4.69) is 35.5 Å². The van der Waals surface area contributed by atoms with E-state index in [4.69, 9.17) is 4.74 Å². The topological polar surface area (TPSA) is 39.1 Å². The molecule has 1 heterocycles. The molecule has 4 heteroatoms. The fourth-order valence-corrected chi connectivity index (χ4v) is 2.66.